The van der Waals surface area contributed by atoms with Crippen molar-refractivity contribution in [3.05, 3.63) is 11.6 Å². The Morgan fingerprint density at radius 3 is 2.89 bits per heavy atom. The molecule has 18 heavy (non-hydrogen) atoms. The number of rotatable bonds is 3. The number of aromatic nitrogens is 1. The van der Waals surface area contributed by atoms with Crippen LogP contribution in [0.4, 0.5) is 5.13 Å². The summed E-state index contributed by atoms with van der Waals surface area (Å²) in [6.07, 6.45) is 4.49. The van der Waals surface area contributed by atoms with Crippen molar-refractivity contribution < 1.29 is 4.79 Å². The zero-order valence-electron chi connectivity index (χ0n) is 10.3. The fourth-order valence-corrected chi connectivity index (χ4v) is 3.91. The lowest BCUT2D eigenvalue weighted by atomic mass is 10.0. The van der Waals surface area contributed by atoms with Gasteiger partial charge in [-0.3, -0.25) is 4.79 Å². The van der Waals surface area contributed by atoms with Crippen LogP contribution in [0.25, 0.3) is 0 Å². The van der Waals surface area contributed by atoms with Crippen molar-refractivity contribution in [1.29, 1.82) is 0 Å². The second-order valence-corrected chi connectivity index (χ2v) is 6.65. The molecule has 1 aliphatic carbocycles. The van der Waals surface area contributed by atoms with Crippen LogP contribution in [0.2, 0.25) is 0 Å². The molecule has 0 N–H and O–H groups in total. The van der Waals surface area contributed by atoms with Gasteiger partial charge in [0, 0.05) is 43.7 Å². The molecule has 2 atom stereocenters. The highest BCUT2D eigenvalue weighted by Crippen LogP contribution is 2.38. The average molecular weight is 263 g/mol. The SMILES string of the molecule is O=C1[C@@H]2CN(c3nccs3)C[C@@H]2CN1CC1CC1. The molecule has 2 saturated heterocycles. The molecule has 4 nitrogen and oxygen atoms in total. The van der Waals surface area contributed by atoms with Crippen molar-refractivity contribution in [3.8, 4) is 0 Å². The summed E-state index contributed by atoms with van der Waals surface area (Å²) in [4.78, 5) is 21.1. The molecule has 3 fully saturated rings. The summed E-state index contributed by atoms with van der Waals surface area (Å²) in [5.41, 5.74) is 0. The number of fused-ring (bicyclic) bond motifs is 1. The molecular formula is C13H17N3OS. The number of hydrogen-bond acceptors (Lipinski definition) is 4. The zero-order chi connectivity index (χ0) is 12.1. The number of anilines is 1. The maximum atomic E-state index is 12.3. The van der Waals surface area contributed by atoms with E-state index >= 15 is 0 Å². The van der Waals surface area contributed by atoms with Gasteiger partial charge >= 0.3 is 0 Å². The van der Waals surface area contributed by atoms with Crippen molar-refractivity contribution >= 4 is 22.4 Å². The molecular weight excluding hydrogens is 246 g/mol. The smallest absolute Gasteiger partial charge is 0.227 e. The molecule has 96 valence electrons. The summed E-state index contributed by atoms with van der Waals surface area (Å²) in [5.74, 6) is 1.96. The predicted octanol–water partition coefficient (Wildman–Crippen LogP) is 1.45. The Balaban J connectivity index is 1.45. The van der Waals surface area contributed by atoms with E-state index in [2.05, 4.69) is 14.8 Å². The van der Waals surface area contributed by atoms with Crippen LogP contribution in [0.1, 0.15) is 12.8 Å². The first-order chi connectivity index (χ1) is 8.81. The minimum absolute atomic E-state index is 0.229. The van der Waals surface area contributed by atoms with Gasteiger partial charge in [0.25, 0.3) is 0 Å². The Labute approximate surface area is 111 Å². The van der Waals surface area contributed by atoms with Crippen LogP contribution in [0.3, 0.4) is 0 Å². The largest absolute Gasteiger partial charge is 0.347 e. The minimum Gasteiger partial charge on any atom is -0.347 e. The summed E-state index contributed by atoms with van der Waals surface area (Å²) < 4.78 is 0. The van der Waals surface area contributed by atoms with Crippen molar-refractivity contribution in [2.75, 3.05) is 31.1 Å². The Morgan fingerprint density at radius 1 is 1.33 bits per heavy atom. The predicted molar refractivity (Wildman–Crippen MR) is 70.6 cm³/mol. The van der Waals surface area contributed by atoms with E-state index in [0.717, 1.165) is 37.2 Å². The molecule has 0 radical (unpaired) electrons. The highest BCUT2D eigenvalue weighted by molar-refractivity contribution is 7.13. The molecule has 3 heterocycles. The first-order valence-electron chi connectivity index (χ1n) is 6.74. The molecule has 2 aliphatic heterocycles. The van der Waals surface area contributed by atoms with Gasteiger partial charge in [0.1, 0.15) is 0 Å². The van der Waals surface area contributed by atoms with E-state index < -0.39 is 0 Å². The third kappa shape index (κ3) is 1.72. The number of thiazole rings is 1. The van der Waals surface area contributed by atoms with Crippen molar-refractivity contribution in [2.24, 2.45) is 17.8 Å². The van der Waals surface area contributed by atoms with Crippen LogP contribution in [-0.2, 0) is 4.79 Å². The Morgan fingerprint density at radius 2 is 2.22 bits per heavy atom. The first kappa shape index (κ1) is 10.8. The summed E-state index contributed by atoms with van der Waals surface area (Å²) in [6, 6.07) is 0. The van der Waals surface area contributed by atoms with Crippen LogP contribution in [0, 0.1) is 17.8 Å². The number of likely N-dealkylation sites (tertiary alicyclic amines) is 1. The van der Waals surface area contributed by atoms with Crippen LogP contribution in [-0.4, -0.2) is 42.0 Å². The van der Waals surface area contributed by atoms with Gasteiger partial charge in [0.05, 0.1) is 5.92 Å². The zero-order valence-corrected chi connectivity index (χ0v) is 11.1. The number of nitrogens with zero attached hydrogens (tertiary/aromatic N) is 3. The van der Waals surface area contributed by atoms with E-state index in [1.165, 1.54) is 12.8 Å². The molecule has 1 amide bonds. The molecule has 0 aromatic carbocycles. The fourth-order valence-electron chi connectivity index (χ4n) is 3.25. The quantitative estimate of drug-likeness (QED) is 0.828. The third-order valence-corrected chi connectivity index (χ3v) is 5.22. The topological polar surface area (TPSA) is 36.4 Å². The molecule has 1 aromatic rings. The molecule has 0 spiro atoms. The van der Waals surface area contributed by atoms with E-state index in [4.69, 9.17) is 0 Å². The molecule has 1 saturated carbocycles. The van der Waals surface area contributed by atoms with Gasteiger partial charge in [0.15, 0.2) is 5.13 Å². The first-order valence-corrected chi connectivity index (χ1v) is 7.62. The Kier molecular flexibility index (Phi) is 2.37. The van der Waals surface area contributed by atoms with E-state index in [1.54, 1.807) is 11.3 Å². The van der Waals surface area contributed by atoms with Crippen molar-refractivity contribution in [3.63, 3.8) is 0 Å². The van der Waals surface area contributed by atoms with Gasteiger partial charge < -0.3 is 9.80 Å². The van der Waals surface area contributed by atoms with Crippen LogP contribution < -0.4 is 4.90 Å². The molecule has 3 aliphatic rings. The monoisotopic (exact) mass is 263 g/mol. The number of hydrogen-bond donors (Lipinski definition) is 0. The summed E-state index contributed by atoms with van der Waals surface area (Å²) >= 11 is 1.67. The van der Waals surface area contributed by atoms with Crippen LogP contribution >= 0.6 is 11.3 Å². The van der Waals surface area contributed by atoms with Gasteiger partial charge in [-0.25, -0.2) is 4.98 Å². The minimum atomic E-state index is 0.229. The summed E-state index contributed by atoms with van der Waals surface area (Å²) in [7, 11) is 0. The lowest BCUT2D eigenvalue weighted by Crippen LogP contribution is -2.34. The lowest BCUT2D eigenvalue weighted by Gasteiger charge is -2.21. The highest BCUT2D eigenvalue weighted by atomic mass is 32.1. The average Bonchev–Trinajstić information content (AvgIpc) is 2.80. The Hall–Kier alpha value is -1.10. The highest BCUT2D eigenvalue weighted by Gasteiger charge is 2.47. The molecule has 1 aromatic heterocycles. The summed E-state index contributed by atoms with van der Waals surface area (Å²) in [5, 5.41) is 3.08. The maximum Gasteiger partial charge on any atom is 0.227 e. The normalized spacial score (nSPS) is 31.2. The standard InChI is InChI=1S/C13H17N3OS/c17-12-11-8-16(13-14-3-4-18-13)7-10(11)6-15(12)5-9-1-2-9/h3-4,9-11H,1-2,5-8H2/t10-,11+/m0/s1. The number of carbonyl (C=O) groups excluding carboxylic acids is 1. The number of carbonyl (C=O) groups is 1. The fraction of sp³-hybridized carbons (Fsp3) is 0.692. The third-order valence-electron chi connectivity index (χ3n) is 4.39. The second-order valence-electron chi connectivity index (χ2n) is 5.77. The van der Waals surface area contributed by atoms with Crippen LogP contribution in [0.15, 0.2) is 11.6 Å². The van der Waals surface area contributed by atoms with Gasteiger partial charge in [-0.1, -0.05) is 0 Å². The number of amides is 1. The van der Waals surface area contributed by atoms with E-state index in [1.807, 2.05) is 11.6 Å². The molecule has 0 unspecified atom stereocenters. The molecule has 0 bridgehead atoms. The van der Waals surface area contributed by atoms with Crippen molar-refractivity contribution in [2.45, 2.75) is 12.8 Å². The lowest BCUT2D eigenvalue weighted by molar-refractivity contribution is -0.130. The van der Waals surface area contributed by atoms with E-state index in [9.17, 15) is 4.79 Å². The van der Waals surface area contributed by atoms with Crippen LogP contribution in [0.5, 0.6) is 0 Å². The molecule has 5 heteroatoms. The van der Waals surface area contributed by atoms with Gasteiger partial charge in [-0.15, -0.1) is 11.3 Å². The maximum absolute atomic E-state index is 12.3. The van der Waals surface area contributed by atoms with Gasteiger partial charge in [-0.2, -0.15) is 0 Å². The van der Waals surface area contributed by atoms with Gasteiger partial charge in [0.2, 0.25) is 5.91 Å². The summed E-state index contributed by atoms with van der Waals surface area (Å²) in [6.45, 7) is 3.87. The van der Waals surface area contributed by atoms with E-state index in [0.29, 0.717) is 11.8 Å². The second kappa shape index (κ2) is 3.95. The molecule has 4 rings (SSSR count). The Bertz CT molecular complexity index is 457. The van der Waals surface area contributed by atoms with E-state index in [-0.39, 0.29) is 5.92 Å². The van der Waals surface area contributed by atoms with Crippen molar-refractivity contribution in [1.82, 2.24) is 9.88 Å². The van der Waals surface area contributed by atoms with Gasteiger partial charge in [-0.05, 0) is 18.8 Å².